The number of halogens is 3. The third-order valence-corrected chi connectivity index (χ3v) is 16.3. The van der Waals surface area contributed by atoms with Crippen LogP contribution in [-0.2, 0) is 6.18 Å². The highest BCUT2D eigenvalue weighted by Crippen LogP contribution is 2.34. The molecular weight excluding hydrogens is 1380 g/mol. The van der Waals surface area contributed by atoms with Crippen LogP contribution in [0.15, 0.2) is 219 Å². The van der Waals surface area contributed by atoms with Gasteiger partial charge < -0.3 is 51.5 Å². The predicted molar refractivity (Wildman–Crippen MR) is 427 cm³/mol. The largest absolute Gasteiger partial charge is 0.433 e. The Kier molecular flexibility index (Phi) is 22.3. The van der Waals surface area contributed by atoms with Crippen molar-refractivity contribution in [1.29, 1.82) is 0 Å². The van der Waals surface area contributed by atoms with E-state index in [-0.39, 0.29) is 5.69 Å². The van der Waals surface area contributed by atoms with E-state index in [0.717, 1.165) is 136 Å². The van der Waals surface area contributed by atoms with Gasteiger partial charge >= 0.3 is 6.18 Å². The zero-order valence-electron chi connectivity index (χ0n) is 61.4. The van der Waals surface area contributed by atoms with Crippen LogP contribution in [0.3, 0.4) is 0 Å². The molecule has 17 aromatic rings. The first-order valence-corrected chi connectivity index (χ1v) is 35.3. The van der Waals surface area contributed by atoms with Crippen LogP contribution in [0.5, 0.6) is 0 Å². The minimum absolute atomic E-state index is 0.246. The van der Waals surface area contributed by atoms with Crippen molar-refractivity contribution in [2.45, 2.75) is 93.5 Å². The van der Waals surface area contributed by atoms with E-state index in [1.807, 2.05) is 179 Å². The summed E-state index contributed by atoms with van der Waals surface area (Å²) in [6, 6.07) is 56.1. The lowest BCUT2D eigenvalue weighted by Gasteiger charge is -2.11. The summed E-state index contributed by atoms with van der Waals surface area (Å²) in [5, 5.41) is 21.2. The van der Waals surface area contributed by atoms with Crippen LogP contribution in [0.4, 0.5) is 53.6 Å². The summed E-state index contributed by atoms with van der Waals surface area (Å²) >= 11 is 0. The van der Waals surface area contributed by atoms with Gasteiger partial charge in [-0.25, -0.2) is 49.8 Å². The highest BCUT2D eigenvalue weighted by Gasteiger charge is 2.33. The number of alkyl halides is 3. The van der Waals surface area contributed by atoms with Crippen LogP contribution in [0.25, 0.3) is 112 Å². The number of rotatable bonds is 15. The smallest absolute Gasteiger partial charge is 0.367 e. The van der Waals surface area contributed by atoms with Gasteiger partial charge in [0.15, 0.2) is 29.1 Å². The first-order chi connectivity index (χ1) is 52.7. The van der Waals surface area contributed by atoms with E-state index < -0.39 is 11.9 Å². The van der Waals surface area contributed by atoms with Gasteiger partial charge in [0, 0.05) is 118 Å². The lowest BCUT2D eigenvalue weighted by atomic mass is 10.2. The molecule has 0 amide bonds. The topological polar surface area (TPSA) is 320 Å². The summed E-state index contributed by atoms with van der Waals surface area (Å²) < 4.78 is 38.8. The number of H-pyrrole nitrogens is 5. The van der Waals surface area contributed by atoms with Crippen molar-refractivity contribution in [2.24, 2.45) is 0 Å². The molecule has 0 aliphatic rings. The van der Waals surface area contributed by atoms with Gasteiger partial charge in [-0.15, -0.1) is 0 Å². The Hall–Kier alpha value is -13.9. The maximum atomic E-state index is 12.9. The maximum absolute atomic E-state index is 12.9. The third kappa shape index (κ3) is 18.5. The number of nitrogens with one attached hydrogen (secondary N) is 10. The second kappa shape index (κ2) is 33.1. The molecule has 10 N–H and O–H groups in total. The second-order valence-electron chi connectivity index (χ2n) is 26.4. The molecule has 0 radical (unpaired) electrons. The number of hydrogen-bond donors (Lipinski definition) is 10. The Morgan fingerprint density at radius 2 is 0.743 bits per heavy atom. The fourth-order valence-corrected chi connectivity index (χ4v) is 11.6. The van der Waals surface area contributed by atoms with Gasteiger partial charge in [-0.05, 0) is 160 Å². The molecule has 0 aliphatic carbocycles. The van der Waals surface area contributed by atoms with Gasteiger partial charge in [0.1, 0.15) is 68.7 Å². The highest BCUT2D eigenvalue weighted by atomic mass is 19.4. The van der Waals surface area contributed by atoms with Gasteiger partial charge in [0.05, 0.1) is 26.9 Å². The molecule has 14 aromatic heterocycles. The average Bonchev–Trinajstić information content (AvgIpc) is 1.69. The SMILES string of the molecule is Cc1cc2c(NC(C)C)nc(-c3ccccn3)nc2[nH]1.Cc1cc2c(NC(C)C)nc(-c3cccnc3)nc2[nH]1.Cc1cc2c(NC(C)C)nc(-c3ccncc3)nc2[nH]1.Cc1cc2c(Nc3ccnc(C(F)(F)F)c3)nc(-c3ccccc3)nc2[nH]1.c1ccc(Nc2nc(-c3ccccc3)nc3[nH]ccc23)cc1. The number of para-hydroxylation sites is 1. The fourth-order valence-electron chi connectivity index (χ4n) is 11.6. The van der Waals surface area contributed by atoms with Gasteiger partial charge in [-0.3, -0.25) is 19.9 Å². The quantitative estimate of drug-likeness (QED) is 0.0456. The van der Waals surface area contributed by atoms with E-state index >= 15 is 0 Å². The summed E-state index contributed by atoms with van der Waals surface area (Å²) in [7, 11) is 0. The first-order valence-electron chi connectivity index (χ1n) is 35.3. The minimum Gasteiger partial charge on any atom is -0.367 e. The van der Waals surface area contributed by atoms with Crippen molar-refractivity contribution in [3.05, 3.63) is 248 Å². The second-order valence-corrected chi connectivity index (χ2v) is 26.4. The molecule has 0 unspecified atom stereocenters. The Bertz CT molecular complexity index is 5560. The van der Waals surface area contributed by atoms with Gasteiger partial charge in [-0.1, -0.05) is 84.9 Å². The molecule has 548 valence electrons. The van der Waals surface area contributed by atoms with Crippen LogP contribution in [0, 0.1) is 27.7 Å². The molecule has 0 saturated carbocycles. The molecule has 27 heteroatoms. The normalized spacial score (nSPS) is 11.2. The zero-order valence-corrected chi connectivity index (χ0v) is 61.4. The lowest BCUT2D eigenvalue weighted by molar-refractivity contribution is -0.141. The Balaban J connectivity index is 0.000000121. The Morgan fingerprint density at radius 3 is 1.21 bits per heavy atom. The molecule has 3 aromatic carbocycles. The summed E-state index contributed by atoms with van der Waals surface area (Å²) in [6.07, 6.45) is 7.24. The van der Waals surface area contributed by atoms with Crippen LogP contribution in [0.1, 0.15) is 70.0 Å². The number of pyridine rings is 4. The number of aromatic amines is 5. The summed E-state index contributed by atoms with van der Waals surface area (Å²) in [6.45, 7) is 20.5. The number of fused-ring (bicyclic) bond motifs is 5. The molecule has 24 nitrogen and oxygen atoms in total. The van der Waals surface area contributed by atoms with E-state index in [4.69, 9.17) is 4.98 Å². The van der Waals surface area contributed by atoms with E-state index in [0.29, 0.717) is 64.1 Å². The standard InChI is InChI=1S/C19H14F3N5.C18H14N4.3C15H17N5/c1-11-9-14-17(24-11)26-16(12-5-3-2-4-6-12)27-18(14)25-13-7-8-23-15(10-13)19(20,21)22;1-3-7-13(8-4-1)16-21-17-15(11-12-19-17)18(22-16)20-14-9-5-2-6-10-14;1-9(2)17-14-12-8-10(3)18-15(12)20-13(19-14)11-4-6-16-7-5-11;1-9(2)17-14-12-7-10(3)18-15(12)20-13(19-14)11-5-4-6-16-8-11;1-9(2)17-13-11-8-10(3)18-14(11)20-15(19-13)12-6-4-5-7-16-12/h2-10H,1H3,(H2,23,24,25,26,27);1-12H,(H2,19,20,21,22);3*4-9H,1-3H3,(H2,17,18,19,20). The van der Waals surface area contributed by atoms with Crippen molar-refractivity contribution in [3.8, 4) is 57.1 Å². The van der Waals surface area contributed by atoms with Crippen molar-refractivity contribution in [2.75, 3.05) is 26.6 Å². The number of benzene rings is 3. The summed E-state index contributed by atoms with van der Waals surface area (Å²) in [5.41, 5.74) is 12.8. The lowest BCUT2D eigenvalue weighted by Crippen LogP contribution is -2.12. The third-order valence-electron chi connectivity index (χ3n) is 16.3. The molecule has 109 heavy (non-hydrogen) atoms. The Labute approximate surface area is 625 Å². The molecule has 14 heterocycles. The van der Waals surface area contributed by atoms with Gasteiger partial charge in [-0.2, -0.15) is 13.2 Å². The molecular formula is C82H79F3N24. The fraction of sp³-hybridized carbons (Fsp3) is 0.171. The highest BCUT2D eigenvalue weighted by molar-refractivity contribution is 5.94. The predicted octanol–water partition coefficient (Wildman–Crippen LogP) is 18.9. The molecule has 0 aliphatic heterocycles. The number of hydrogen-bond acceptors (Lipinski definition) is 19. The average molecular weight is 1460 g/mol. The number of nitrogens with zero attached hydrogens (tertiary/aromatic N) is 14. The van der Waals surface area contributed by atoms with E-state index in [1.54, 1.807) is 31.0 Å². The van der Waals surface area contributed by atoms with Crippen molar-refractivity contribution < 1.29 is 13.2 Å². The van der Waals surface area contributed by atoms with E-state index in [2.05, 4.69) is 176 Å². The first kappa shape index (κ1) is 73.5. The number of aromatic nitrogens is 19. The maximum Gasteiger partial charge on any atom is 0.433 e. The molecule has 0 bridgehead atoms. The molecule has 0 fully saturated rings. The van der Waals surface area contributed by atoms with Crippen molar-refractivity contribution >= 4 is 95.6 Å². The van der Waals surface area contributed by atoms with Crippen LogP contribution >= 0.6 is 0 Å². The van der Waals surface area contributed by atoms with Crippen LogP contribution in [0.2, 0.25) is 0 Å². The minimum atomic E-state index is -4.52. The monoisotopic (exact) mass is 1460 g/mol. The molecule has 0 atom stereocenters. The Morgan fingerprint density at radius 1 is 0.330 bits per heavy atom. The van der Waals surface area contributed by atoms with E-state index in [1.165, 1.54) is 6.07 Å². The van der Waals surface area contributed by atoms with Gasteiger partial charge in [0.2, 0.25) is 0 Å². The molecule has 17 rings (SSSR count). The van der Waals surface area contributed by atoms with Crippen molar-refractivity contribution in [3.63, 3.8) is 0 Å². The molecule has 0 saturated heterocycles. The van der Waals surface area contributed by atoms with Gasteiger partial charge in [0.25, 0.3) is 0 Å². The van der Waals surface area contributed by atoms with Crippen LogP contribution < -0.4 is 26.6 Å². The molecule has 0 spiro atoms. The summed E-state index contributed by atoms with van der Waals surface area (Å²) in [4.78, 5) is 78.0. The number of aryl methyl sites for hydroxylation is 4. The van der Waals surface area contributed by atoms with Crippen molar-refractivity contribution in [1.82, 2.24) is 94.7 Å². The number of anilines is 7. The van der Waals surface area contributed by atoms with E-state index in [9.17, 15) is 13.2 Å². The summed E-state index contributed by atoms with van der Waals surface area (Å²) in [5.74, 6) is 6.96. The zero-order chi connectivity index (χ0) is 76.1. The van der Waals surface area contributed by atoms with Crippen LogP contribution in [-0.4, -0.2) is 113 Å².